The number of rotatable bonds is 7. The molecule has 0 saturated carbocycles. The number of amides is 1. The van der Waals surface area contributed by atoms with Crippen molar-refractivity contribution in [2.24, 2.45) is 0 Å². The number of non-ortho nitro benzene ring substituents is 1. The van der Waals surface area contributed by atoms with E-state index in [9.17, 15) is 24.8 Å². The number of aliphatic hydroxyl groups is 1. The first-order valence-electron chi connectivity index (χ1n) is 9.54. The molecule has 0 bridgehead atoms. The number of ketones is 1. The summed E-state index contributed by atoms with van der Waals surface area (Å²) in [6.45, 7) is 0.977. The number of likely N-dealkylation sites (tertiary alicyclic amines) is 1. The predicted octanol–water partition coefficient (Wildman–Crippen LogP) is 2.97. The third kappa shape index (κ3) is 4.23. The van der Waals surface area contributed by atoms with Crippen LogP contribution in [0.1, 0.15) is 23.6 Å². The van der Waals surface area contributed by atoms with E-state index in [2.05, 4.69) is 0 Å². The van der Waals surface area contributed by atoms with Crippen molar-refractivity contribution in [3.05, 3.63) is 81.4 Å². The number of hydrogen-bond donors (Lipinski definition) is 1. The van der Waals surface area contributed by atoms with Crippen LogP contribution in [0.15, 0.2) is 60.2 Å². The van der Waals surface area contributed by atoms with Gasteiger partial charge in [0.25, 0.3) is 17.4 Å². The van der Waals surface area contributed by atoms with Crippen LogP contribution in [0.3, 0.4) is 0 Å². The van der Waals surface area contributed by atoms with Crippen LogP contribution >= 0.6 is 0 Å². The number of nitro groups is 1. The molecule has 1 heterocycles. The zero-order valence-electron chi connectivity index (χ0n) is 16.8. The molecule has 0 aromatic heterocycles. The van der Waals surface area contributed by atoms with E-state index in [0.29, 0.717) is 24.1 Å². The van der Waals surface area contributed by atoms with Gasteiger partial charge in [0.15, 0.2) is 0 Å². The van der Waals surface area contributed by atoms with Crippen LogP contribution in [-0.2, 0) is 9.59 Å². The van der Waals surface area contributed by atoms with Crippen LogP contribution in [0.2, 0.25) is 0 Å². The van der Waals surface area contributed by atoms with Crippen LogP contribution in [0.25, 0.3) is 5.76 Å². The van der Waals surface area contributed by atoms with Crippen molar-refractivity contribution in [3.63, 3.8) is 0 Å². The fourth-order valence-electron chi connectivity index (χ4n) is 3.57. The molecular formula is C22H23N3O5. The number of hydrogen-bond acceptors (Lipinski definition) is 6. The van der Waals surface area contributed by atoms with Gasteiger partial charge in [-0.05, 0) is 32.6 Å². The van der Waals surface area contributed by atoms with E-state index >= 15 is 0 Å². The summed E-state index contributed by atoms with van der Waals surface area (Å²) in [6.07, 6.45) is 0.608. The van der Waals surface area contributed by atoms with Gasteiger partial charge in [0.1, 0.15) is 5.76 Å². The van der Waals surface area contributed by atoms with E-state index in [-0.39, 0.29) is 23.6 Å². The van der Waals surface area contributed by atoms with Crippen LogP contribution in [0.5, 0.6) is 0 Å². The van der Waals surface area contributed by atoms with Crippen molar-refractivity contribution in [1.29, 1.82) is 0 Å². The van der Waals surface area contributed by atoms with Crippen LogP contribution < -0.4 is 0 Å². The zero-order valence-corrected chi connectivity index (χ0v) is 16.8. The monoisotopic (exact) mass is 409 g/mol. The van der Waals surface area contributed by atoms with Gasteiger partial charge in [0.05, 0.1) is 16.5 Å². The standard InChI is InChI=1S/C22H23N3O5/c1-23(2)12-7-13-24-19(16-10-6-11-17(14-16)25(29)30)18(21(27)22(24)28)20(26)15-8-4-3-5-9-15/h3-6,8-11,14,19,26H,7,12-13H2,1-2H3/t19-/m0/s1. The van der Waals surface area contributed by atoms with Gasteiger partial charge in [-0.2, -0.15) is 0 Å². The van der Waals surface area contributed by atoms with Gasteiger partial charge in [-0.1, -0.05) is 42.5 Å². The number of benzene rings is 2. The summed E-state index contributed by atoms with van der Waals surface area (Å²) in [5.41, 5.74) is 0.604. The molecule has 0 spiro atoms. The molecule has 1 atom stereocenters. The second kappa shape index (κ2) is 8.87. The molecule has 1 N–H and O–H groups in total. The van der Waals surface area contributed by atoms with Crippen LogP contribution in [-0.4, -0.2) is 58.7 Å². The molecule has 1 saturated heterocycles. The third-order valence-electron chi connectivity index (χ3n) is 4.99. The molecule has 156 valence electrons. The summed E-state index contributed by atoms with van der Waals surface area (Å²) < 4.78 is 0. The van der Waals surface area contributed by atoms with Crippen molar-refractivity contribution >= 4 is 23.1 Å². The average Bonchev–Trinajstić information content (AvgIpc) is 2.98. The summed E-state index contributed by atoms with van der Waals surface area (Å²) in [6, 6.07) is 13.4. The lowest BCUT2D eigenvalue weighted by molar-refractivity contribution is -0.384. The molecule has 8 nitrogen and oxygen atoms in total. The summed E-state index contributed by atoms with van der Waals surface area (Å²) >= 11 is 0. The maximum absolute atomic E-state index is 12.9. The van der Waals surface area contributed by atoms with E-state index in [1.54, 1.807) is 36.4 Å². The molecular weight excluding hydrogens is 386 g/mol. The van der Waals surface area contributed by atoms with Gasteiger partial charge >= 0.3 is 0 Å². The summed E-state index contributed by atoms with van der Waals surface area (Å²) in [5.74, 6) is -1.80. The second-order valence-electron chi connectivity index (χ2n) is 7.37. The Morgan fingerprint density at radius 3 is 2.47 bits per heavy atom. The number of carbonyl (C=O) groups is 2. The topological polar surface area (TPSA) is 104 Å². The average molecular weight is 409 g/mol. The minimum Gasteiger partial charge on any atom is -0.507 e. The van der Waals surface area contributed by atoms with E-state index in [0.717, 1.165) is 0 Å². The highest BCUT2D eigenvalue weighted by Gasteiger charge is 2.46. The van der Waals surface area contributed by atoms with Gasteiger partial charge in [-0.15, -0.1) is 0 Å². The van der Waals surface area contributed by atoms with Gasteiger partial charge in [-0.3, -0.25) is 19.7 Å². The molecule has 0 radical (unpaired) electrons. The van der Waals surface area contributed by atoms with E-state index < -0.39 is 22.7 Å². The van der Waals surface area contributed by atoms with E-state index in [1.165, 1.54) is 23.1 Å². The fourth-order valence-corrected chi connectivity index (χ4v) is 3.57. The number of nitro benzene ring substituents is 1. The van der Waals surface area contributed by atoms with Gasteiger partial charge in [0, 0.05) is 24.2 Å². The van der Waals surface area contributed by atoms with Crippen molar-refractivity contribution < 1.29 is 19.6 Å². The smallest absolute Gasteiger partial charge is 0.295 e. The Morgan fingerprint density at radius 2 is 1.83 bits per heavy atom. The first-order valence-corrected chi connectivity index (χ1v) is 9.54. The van der Waals surface area contributed by atoms with Crippen molar-refractivity contribution in [2.75, 3.05) is 27.2 Å². The largest absolute Gasteiger partial charge is 0.507 e. The lowest BCUT2D eigenvalue weighted by Gasteiger charge is -2.25. The zero-order chi connectivity index (χ0) is 21.8. The molecule has 1 fully saturated rings. The number of carbonyl (C=O) groups excluding carboxylic acids is 2. The number of aliphatic hydroxyl groups excluding tert-OH is 1. The molecule has 3 rings (SSSR count). The molecule has 2 aromatic carbocycles. The molecule has 0 unspecified atom stereocenters. The molecule has 0 aliphatic carbocycles. The normalized spacial score (nSPS) is 18.2. The molecule has 1 amide bonds. The van der Waals surface area contributed by atoms with E-state index in [1.807, 2.05) is 19.0 Å². The van der Waals surface area contributed by atoms with Crippen LogP contribution in [0.4, 0.5) is 5.69 Å². The SMILES string of the molecule is CN(C)CCCN1C(=O)C(=O)C(=C(O)c2ccccc2)[C@@H]1c1cccc([N+](=O)[O-])c1. The van der Waals surface area contributed by atoms with E-state index in [4.69, 9.17) is 0 Å². The maximum Gasteiger partial charge on any atom is 0.295 e. The Balaban J connectivity index is 2.12. The minimum absolute atomic E-state index is 0.0587. The molecule has 2 aromatic rings. The quantitative estimate of drug-likeness (QED) is 0.248. The summed E-state index contributed by atoms with van der Waals surface area (Å²) in [5, 5.41) is 22.1. The van der Waals surface area contributed by atoms with Crippen LogP contribution in [0, 0.1) is 10.1 Å². The Hall–Kier alpha value is -3.52. The molecule has 1 aliphatic heterocycles. The Labute approximate surface area is 174 Å². The van der Waals surface area contributed by atoms with Gasteiger partial charge in [-0.25, -0.2) is 0 Å². The van der Waals surface area contributed by atoms with Crippen molar-refractivity contribution in [2.45, 2.75) is 12.5 Å². The third-order valence-corrected chi connectivity index (χ3v) is 4.99. The molecule has 1 aliphatic rings. The van der Waals surface area contributed by atoms with Crippen molar-refractivity contribution in [3.8, 4) is 0 Å². The summed E-state index contributed by atoms with van der Waals surface area (Å²) in [7, 11) is 3.81. The Kier molecular flexibility index (Phi) is 6.27. The lowest BCUT2D eigenvalue weighted by Crippen LogP contribution is -2.32. The minimum atomic E-state index is -0.896. The maximum atomic E-state index is 12.9. The first kappa shape index (κ1) is 21.2. The lowest BCUT2D eigenvalue weighted by atomic mass is 9.95. The fraction of sp³-hybridized carbons (Fsp3) is 0.273. The molecule has 8 heteroatoms. The first-order chi connectivity index (χ1) is 14.3. The highest BCUT2D eigenvalue weighted by molar-refractivity contribution is 6.46. The highest BCUT2D eigenvalue weighted by atomic mass is 16.6. The molecule has 30 heavy (non-hydrogen) atoms. The second-order valence-corrected chi connectivity index (χ2v) is 7.37. The van der Waals surface area contributed by atoms with Crippen molar-refractivity contribution in [1.82, 2.24) is 9.80 Å². The Morgan fingerprint density at radius 1 is 1.13 bits per heavy atom. The number of nitrogens with zero attached hydrogens (tertiary/aromatic N) is 3. The number of Topliss-reactive ketones (excluding diaryl/α,β-unsaturated/α-hetero) is 1. The highest BCUT2D eigenvalue weighted by Crippen LogP contribution is 2.40. The van der Waals surface area contributed by atoms with Gasteiger partial charge < -0.3 is 14.9 Å². The Bertz CT molecular complexity index is 1000. The summed E-state index contributed by atoms with van der Waals surface area (Å²) in [4.78, 5) is 39.8. The van der Waals surface area contributed by atoms with Gasteiger partial charge in [0.2, 0.25) is 0 Å². The predicted molar refractivity (Wildman–Crippen MR) is 112 cm³/mol.